The lowest BCUT2D eigenvalue weighted by Crippen LogP contribution is -1.95. The molecule has 2 aromatic rings. The third-order valence-corrected chi connectivity index (χ3v) is 4.12. The van der Waals surface area contributed by atoms with Crippen molar-refractivity contribution in [2.75, 3.05) is 6.61 Å². The highest BCUT2D eigenvalue weighted by Crippen LogP contribution is 2.23. The largest absolute Gasteiger partial charge is 0.484 e. The molecular formula is C16H23NO2S. The van der Waals surface area contributed by atoms with Gasteiger partial charge in [-0.05, 0) is 38.8 Å². The Balaban J connectivity index is 1.44. The maximum atomic E-state index is 5.70. The van der Waals surface area contributed by atoms with Crippen LogP contribution in [0.2, 0.25) is 0 Å². The molecule has 0 atom stereocenters. The zero-order chi connectivity index (χ0) is 14.2. The lowest BCUT2D eigenvalue weighted by molar-refractivity contribution is 0.312. The first kappa shape index (κ1) is 15.1. The molecule has 4 heteroatoms. The first-order chi connectivity index (χ1) is 9.74. The molecule has 0 N–H and O–H groups in total. The molecule has 0 saturated heterocycles. The van der Waals surface area contributed by atoms with E-state index in [-0.39, 0.29) is 0 Å². The van der Waals surface area contributed by atoms with E-state index < -0.39 is 0 Å². The molecule has 0 aliphatic rings. The molecule has 0 radical (unpaired) electrons. The number of thiophene rings is 1. The van der Waals surface area contributed by atoms with Gasteiger partial charge < -0.3 is 9.26 Å². The molecule has 0 bridgehead atoms. The number of aryl methyl sites for hydroxylation is 3. The lowest BCUT2D eigenvalue weighted by atomic mass is 10.1. The Morgan fingerprint density at radius 1 is 1.10 bits per heavy atom. The van der Waals surface area contributed by atoms with E-state index in [4.69, 9.17) is 9.26 Å². The Kier molecular flexibility index (Phi) is 6.12. The number of hydrogen-bond donors (Lipinski definition) is 0. The van der Waals surface area contributed by atoms with Gasteiger partial charge in [0.05, 0.1) is 12.3 Å². The molecule has 2 rings (SSSR count). The minimum Gasteiger partial charge on any atom is -0.484 e. The van der Waals surface area contributed by atoms with Crippen molar-refractivity contribution < 1.29 is 9.26 Å². The Labute approximate surface area is 124 Å². The second-order valence-corrected chi connectivity index (χ2v) is 6.42. The number of unbranched alkanes of at least 4 members (excludes halogenated alkanes) is 4. The van der Waals surface area contributed by atoms with Gasteiger partial charge in [-0.25, -0.2) is 0 Å². The molecule has 0 amide bonds. The Hall–Kier alpha value is -1.29. The summed E-state index contributed by atoms with van der Waals surface area (Å²) in [4.78, 5) is 1.31. The Morgan fingerprint density at radius 3 is 2.60 bits per heavy atom. The number of ether oxygens (including phenoxy) is 1. The van der Waals surface area contributed by atoms with Crippen LogP contribution in [0.3, 0.4) is 0 Å². The van der Waals surface area contributed by atoms with Gasteiger partial charge in [-0.2, -0.15) is 0 Å². The van der Waals surface area contributed by atoms with E-state index in [0.29, 0.717) is 0 Å². The molecule has 2 heterocycles. The lowest BCUT2D eigenvalue weighted by Gasteiger charge is -2.03. The van der Waals surface area contributed by atoms with Crippen molar-refractivity contribution in [3.05, 3.63) is 34.5 Å². The normalized spacial score (nSPS) is 10.9. The molecule has 2 aromatic heterocycles. The average molecular weight is 293 g/mol. The molecule has 0 aliphatic carbocycles. The highest BCUT2D eigenvalue weighted by Gasteiger charge is 2.00. The summed E-state index contributed by atoms with van der Waals surface area (Å²) in [5, 5.41) is 4.94. The van der Waals surface area contributed by atoms with E-state index in [1.807, 2.05) is 13.0 Å². The fourth-order valence-electron chi connectivity index (χ4n) is 2.13. The summed E-state index contributed by atoms with van der Waals surface area (Å²) >= 11 is 1.72. The van der Waals surface area contributed by atoms with Gasteiger partial charge in [0, 0.05) is 17.4 Å². The van der Waals surface area contributed by atoms with Crippen molar-refractivity contribution in [1.82, 2.24) is 5.16 Å². The van der Waals surface area contributed by atoms with Crippen LogP contribution in [0, 0.1) is 13.8 Å². The molecule has 3 nitrogen and oxygen atoms in total. The minimum atomic E-state index is 0.835. The van der Waals surface area contributed by atoms with Crippen molar-refractivity contribution in [3.63, 3.8) is 0 Å². The number of hydrogen-bond acceptors (Lipinski definition) is 4. The summed E-state index contributed by atoms with van der Waals surface area (Å²) in [5.41, 5.74) is 0.973. The van der Waals surface area contributed by atoms with Gasteiger partial charge in [0.1, 0.15) is 5.76 Å². The molecule has 0 aliphatic heterocycles. The van der Waals surface area contributed by atoms with Crippen molar-refractivity contribution in [2.45, 2.75) is 52.4 Å². The van der Waals surface area contributed by atoms with Crippen molar-refractivity contribution in [1.29, 1.82) is 0 Å². The zero-order valence-electron chi connectivity index (χ0n) is 12.4. The second-order valence-electron chi connectivity index (χ2n) is 5.17. The number of aromatic nitrogens is 1. The van der Waals surface area contributed by atoms with Gasteiger partial charge in [0.25, 0.3) is 0 Å². The van der Waals surface area contributed by atoms with Gasteiger partial charge in [0.15, 0.2) is 5.06 Å². The van der Waals surface area contributed by atoms with Crippen LogP contribution in [0.25, 0.3) is 0 Å². The molecule has 110 valence electrons. The highest BCUT2D eigenvalue weighted by atomic mass is 32.1. The van der Waals surface area contributed by atoms with E-state index in [1.165, 1.54) is 30.6 Å². The summed E-state index contributed by atoms with van der Waals surface area (Å²) in [5.74, 6) is 1.01. The van der Waals surface area contributed by atoms with Crippen LogP contribution in [0.15, 0.2) is 22.7 Å². The molecule has 0 fully saturated rings. The minimum absolute atomic E-state index is 0.835. The SMILES string of the molecule is Cc1cc(CCCCCCCOc2ccc(C)s2)on1. The van der Waals surface area contributed by atoms with Crippen molar-refractivity contribution >= 4 is 11.3 Å². The standard InChI is InChI=1S/C16H23NO2S/c1-13-12-15(19-17-13)8-6-4-3-5-7-11-18-16-10-9-14(2)20-16/h9-10,12H,3-8,11H2,1-2H3. The summed E-state index contributed by atoms with van der Waals surface area (Å²) in [6.07, 6.45) is 7.07. The molecular weight excluding hydrogens is 270 g/mol. The first-order valence-electron chi connectivity index (χ1n) is 7.35. The molecule has 0 spiro atoms. The van der Waals surface area contributed by atoms with Crippen LogP contribution in [0.1, 0.15) is 48.4 Å². The van der Waals surface area contributed by atoms with E-state index in [1.54, 1.807) is 11.3 Å². The summed E-state index contributed by atoms with van der Waals surface area (Å²) in [7, 11) is 0. The first-order valence-corrected chi connectivity index (χ1v) is 8.17. The van der Waals surface area contributed by atoms with Crippen LogP contribution in [0.4, 0.5) is 0 Å². The monoisotopic (exact) mass is 293 g/mol. The molecule has 0 aromatic carbocycles. The van der Waals surface area contributed by atoms with Gasteiger partial charge in [-0.1, -0.05) is 24.4 Å². The van der Waals surface area contributed by atoms with Crippen LogP contribution in [-0.2, 0) is 6.42 Å². The third kappa shape index (κ3) is 5.37. The molecule has 0 unspecified atom stereocenters. The van der Waals surface area contributed by atoms with E-state index in [2.05, 4.69) is 24.2 Å². The number of rotatable bonds is 9. The fraction of sp³-hybridized carbons (Fsp3) is 0.562. The topological polar surface area (TPSA) is 35.3 Å². The predicted molar refractivity (Wildman–Crippen MR) is 82.6 cm³/mol. The second kappa shape index (κ2) is 8.10. The summed E-state index contributed by atoms with van der Waals surface area (Å²) in [6.45, 7) is 4.90. The predicted octanol–water partition coefficient (Wildman–Crippen LogP) is 4.92. The van der Waals surface area contributed by atoms with E-state index >= 15 is 0 Å². The van der Waals surface area contributed by atoms with Crippen LogP contribution >= 0.6 is 11.3 Å². The highest BCUT2D eigenvalue weighted by molar-refractivity contribution is 7.13. The van der Waals surface area contributed by atoms with Gasteiger partial charge >= 0.3 is 0 Å². The van der Waals surface area contributed by atoms with Crippen molar-refractivity contribution in [3.8, 4) is 5.06 Å². The quantitative estimate of drug-likeness (QED) is 0.615. The summed E-state index contributed by atoms with van der Waals surface area (Å²) in [6, 6.07) is 6.18. The maximum absolute atomic E-state index is 5.70. The van der Waals surface area contributed by atoms with Crippen molar-refractivity contribution in [2.24, 2.45) is 0 Å². The van der Waals surface area contributed by atoms with E-state index in [0.717, 1.165) is 36.0 Å². The number of nitrogens with zero attached hydrogens (tertiary/aromatic N) is 1. The van der Waals surface area contributed by atoms with E-state index in [9.17, 15) is 0 Å². The smallest absolute Gasteiger partial charge is 0.173 e. The third-order valence-electron chi connectivity index (χ3n) is 3.20. The fourth-order valence-corrected chi connectivity index (χ4v) is 2.86. The molecule has 20 heavy (non-hydrogen) atoms. The Morgan fingerprint density at radius 2 is 1.90 bits per heavy atom. The van der Waals surface area contributed by atoms with Gasteiger partial charge in [0.2, 0.25) is 0 Å². The van der Waals surface area contributed by atoms with Crippen LogP contribution in [0.5, 0.6) is 5.06 Å². The van der Waals surface area contributed by atoms with Gasteiger partial charge in [-0.15, -0.1) is 11.3 Å². The van der Waals surface area contributed by atoms with Crippen LogP contribution in [-0.4, -0.2) is 11.8 Å². The molecule has 0 saturated carbocycles. The zero-order valence-corrected chi connectivity index (χ0v) is 13.2. The van der Waals surface area contributed by atoms with Gasteiger partial charge in [-0.3, -0.25) is 0 Å². The average Bonchev–Trinajstić information content (AvgIpc) is 3.02. The maximum Gasteiger partial charge on any atom is 0.173 e. The Bertz CT molecular complexity index is 458. The summed E-state index contributed by atoms with van der Waals surface area (Å²) < 4.78 is 10.9. The van der Waals surface area contributed by atoms with Crippen LogP contribution < -0.4 is 4.74 Å².